The lowest BCUT2D eigenvalue weighted by atomic mass is 9.90. The van der Waals surface area contributed by atoms with E-state index >= 15 is 0 Å². The Kier molecular flexibility index (Phi) is 6.26. The molecule has 9 heteroatoms. The van der Waals surface area contributed by atoms with Gasteiger partial charge in [0.2, 0.25) is 5.91 Å². The quantitative estimate of drug-likeness (QED) is 0.190. The molecule has 2 aliphatic rings. The number of anilines is 2. The number of nitrogens with zero attached hydrogens (tertiary/aromatic N) is 2. The van der Waals surface area contributed by atoms with Crippen LogP contribution in [0.4, 0.5) is 11.4 Å². The molecule has 0 saturated carbocycles. The Bertz CT molecular complexity index is 1910. The molecule has 208 valence electrons. The minimum atomic E-state index is -4.03. The Hall–Kier alpha value is -4.99. The number of rotatable bonds is 6. The molecule has 0 aliphatic carbocycles. The van der Waals surface area contributed by atoms with E-state index in [4.69, 9.17) is 9.02 Å². The molecule has 0 radical (unpaired) electrons. The minimum Gasteiger partial charge on any atom is -0.379 e. The van der Waals surface area contributed by atoms with Crippen LogP contribution in [0, 0.1) is 5.92 Å². The zero-order valence-electron chi connectivity index (χ0n) is 22.1. The molecule has 8 nitrogen and oxygen atoms in total. The fourth-order valence-corrected chi connectivity index (χ4v) is 6.63. The molecule has 0 bridgehead atoms. The van der Waals surface area contributed by atoms with Gasteiger partial charge in [0.25, 0.3) is 5.91 Å². The third-order valence-corrected chi connectivity index (χ3v) is 8.85. The maximum Gasteiger partial charge on any atom is 0.339 e. The normalized spacial score (nSPS) is 20.2. The third kappa shape index (κ3) is 4.30. The minimum absolute atomic E-state index is 0.0416. The number of amides is 2. The number of para-hydroxylation sites is 1. The summed E-state index contributed by atoms with van der Waals surface area (Å²) in [6.45, 7) is 0. The summed E-state index contributed by atoms with van der Waals surface area (Å²) in [4.78, 5) is 35.4. The van der Waals surface area contributed by atoms with E-state index in [1.54, 1.807) is 41.5 Å². The first kappa shape index (κ1) is 25.9. The van der Waals surface area contributed by atoms with E-state index in [1.165, 1.54) is 29.2 Å². The van der Waals surface area contributed by atoms with Gasteiger partial charge in [-0.25, -0.2) is 9.96 Å². The summed E-state index contributed by atoms with van der Waals surface area (Å²) < 4.78 is 30.8. The van der Waals surface area contributed by atoms with Crippen molar-refractivity contribution in [1.29, 1.82) is 0 Å². The number of benzene rings is 5. The van der Waals surface area contributed by atoms with Crippen molar-refractivity contribution < 1.29 is 27.0 Å². The molecule has 0 N–H and O–H groups in total. The van der Waals surface area contributed by atoms with Crippen LogP contribution in [0.1, 0.15) is 11.6 Å². The van der Waals surface area contributed by atoms with Crippen LogP contribution in [-0.2, 0) is 24.5 Å². The van der Waals surface area contributed by atoms with E-state index in [9.17, 15) is 18.0 Å². The molecule has 0 aromatic heterocycles. The average molecular weight is 577 g/mol. The van der Waals surface area contributed by atoms with E-state index in [0.29, 0.717) is 16.9 Å². The maximum absolute atomic E-state index is 14.1. The van der Waals surface area contributed by atoms with Gasteiger partial charge in [0.1, 0.15) is 16.6 Å². The number of imide groups is 1. The number of hydrogen-bond donors (Lipinski definition) is 0. The van der Waals surface area contributed by atoms with Crippen LogP contribution in [0.25, 0.3) is 10.8 Å². The molecule has 5 aromatic carbocycles. The molecule has 0 spiro atoms. The van der Waals surface area contributed by atoms with Gasteiger partial charge >= 0.3 is 10.1 Å². The highest BCUT2D eigenvalue weighted by Crippen LogP contribution is 2.48. The van der Waals surface area contributed by atoms with Crippen LogP contribution < -0.4 is 14.1 Å². The largest absolute Gasteiger partial charge is 0.379 e. The van der Waals surface area contributed by atoms with Gasteiger partial charge in [-0.15, -0.1) is 0 Å². The average Bonchev–Trinajstić information content (AvgIpc) is 3.53. The summed E-state index contributed by atoms with van der Waals surface area (Å²) in [5.74, 6) is -1.51. The van der Waals surface area contributed by atoms with Gasteiger partial charge in [-0.05, 0) is 53.4 Å². The van der Waals surface area contributed by atoms with Gasteiger partial charge in [0.05, 0.1) is 17.4 Å². The molecular weight excluding hydrogens is 552 g/mol. The van der Waals surface area contributed by atoms with Gasteiger partial charge in [-0.1, -0.05) is 84.9 Å². The Morgan fingerprint density at radius 1 is 0.667 bits per heavy atom. The lowest BCUT2D eigenvalue weighted by molar-refractivity contribution is -0.126. The Labute approximate surface area is 242 Å². The van der Waals surface area contributed by atoms with Crippen molar-refractivity contribution >= 4 is 44.1 Å². The van der Waals surface area contributed by atoms with E-state index in [-0.39, 0.29) is 16.6 Å². The summed E-state index contributed by atoms with van der Waals surface area (Å²) >= 11 is 0. The summed E-state index contributed by atoms with van der Waals surface area (Å²) in [5, 5.41) is 3.30. The van der Waals surface area contributed by atoms with Gasteiger partial charge in [0, 0.05) is 5.39 Å². The molecule has 42 heavy (non-hydrogen) atoms. The number of fused-ring (bicyclic) bond motifs is 2. The second kappa shape index (κ2) is 10.1. The lowest BCUT2D eigenvalue weighted by Crippen LogP contribution is -2.37. The Morgan fingerprint density at radius 2 is 1.31 bits per heavy atom. The predicted octanol–water partition coefficient (Wildman–Crippen LogP) is 5.66. The van der Waals surface area contributed by atoms with Gasteiger partial charge < -0.3 is 4.18 Å². The molecule has 3 atom stereocenters. The van der Waals surface area contributed by atoms with Crippen LogP contribution in [0.5, 0.6) is 5.75 Å². The van der Waals surface area contributed by atoms with Crippen molar-refractivity contribution in [1.82, 2.24) is 0 Å². The highest BCUT2D eigenvalue weighted by Gasteiger charge is 2.60. The maximum atomic E-state index is 14.1. The van der Waals surface area contributed by atoms with Crippen LogP contribution in [0.15, 0.2) is 132 Å². The molecule has 2 aliphatic heterocycles. The molecule has 2 saturated heterocycles. The zero-order chi connectivity index (χ0) is 28.8. The van der Waals surface area contributed by atoms with Gasteiger partial charge in [-0.2, -0.15) is 8.42 Å². The molecule has 0 unspecified atom stereocenters. The van der Waals surface area contributed by atoms with Crippen LogP contribution in [0.2, 0.25) is 0 Å². The molecule has 2 heterocycles. The molecular formula is C33H24N2O6S. The van der Waals surface area contributed by atoms with Crippen LogP contribution in [0.3, 0.4) is 0 Å². The Morgan fingerprint density at radius 3 is 2.05 bits per heavy atom. The second-order valence-corrected chi connectivity index (χ2v) is 11.6. The van der Waals surface area contributed by atoms with Crippen molar-refractivity contribution in [3.05, 3.63) is 133 Å². The summed E-state index contributed by atoms with van der Waals surface area (Å²) in [5.41, 5.74) is 1.86. The smallest absolute Gasteiger partial charge is 0.339 e. The van der Waals surface area contributed by atoms with Crippen molar-refractivity contribution in [3.8, 4) is 5.75 Å². The summed E-state index contributed by atoms with van der Waals surface area (Å²) in [6, 6.07) is 36.1. The zero-order valence-corrected chi connectivity index (χ0v) is 22.9. The lowest BCUT2D eigenvalue weighted by Gasteiger charge is -2.29. The van der Waals surface area contributed by atoms with Crippen LogP contribution in [-0.4, -0.2) is 26.3 Å². The fourth-order valence-electron chi connectivity index (χ4n) is 5.68. The molecule has 2 amide bonds. The second-order valence-electron chi connectivity index (χ2n) is 10.1. The first-order chi connectivity index (χ1) is 20.4. The first-order valence-corrected chi connectivity index (χ1v) is 14.8. The summed E-state index contributed by atoms with van der Waals surface area (Å²) in [6.07, 6.45) is -1.03. The predicted molar refractivity (Wildman–Crippen MR) is 157 cm³/mol. The van der Waals surface area contributed by atoms with Crippen molar-refractivity contribution in [2.75, 3.05) is 9.96 Å². The fraction of sp³-hybridized carbons (Fsp3) is 0.0909. The summed E-state index contributed by atoms with van der Waals surface area (Å²) in [7, 11) is -4.03. The first-order valence-electron chi connectivity index (χ1n) is 13.4. The van der Waals surface area contributed by atoms with Gasteiger partial charge in [-0.3, -0.25) is 14.4 Å². The monoisotopic (exact) mass is 576 g/mol. The molecule has 5 aromatic rings. The SMILES string of the molecule is O=C1[C@@H]2[C@@H](c3ccc(OS(=O)(=O)c4ccccc4)cc3)N(c3ccccc3)O[C@H]2C(=O)N1c1cccc2ccccc12. The van der Waals surface area contributed by atoms with Crippen molar-refractivity contribution in [2.45, 2.75) is 17.0 Å². The molecule has 2 fully saturated rings. The number of carbonyl (C=O) groups excluding carboxylic acids is 2. The highest BCUT2D eigenvalue weighted by molar-refractivity contribution is 7.87. The highest BCUT2D eigenvalue weighted by atomic mass is 32.2. The number of hydroxylamine groups is 1. The third-order valence-electron chi connectivity index (χ3n) is 7.59. The van der Waals surface area contributed by atoms with Crippen molar-refractivity contribution in [2.24, 2.45) is 5.92 Å². The van der Waals surface area contributed by atoms with E-state index in [1.807, 2.05) is 66.7 Å². The topological polar surface area (TPSA) is 93.2 Å². The van der Waals surface area contributed by atoms with E-state index in [0.717, 1.165) is 10.8 Å². The Balaban J connectivity index is 1.25. The van der Waals surface area contributed by atoms with Crippen molar-refractivity contribution in [3.63, 3.8) is 0 Å². The van der Waals surface area contributed by atoms with Gasteiger partial charge in [0.15, 0.2) is 6.10 Å². The number of hydrogen-bond acceptors (Lipinski definition) is 7. The van der Waals surface area contributed by atoms with Crippen LogP contribution >= 0.6 is 0 Å². The number of carbonyl (C=O) groups is 2. The van der Waals surface area contributed by atoms with E-state index in [2.05, 4.69) is 0 Å². The molecule has 7 rings (SSSR count). The standard InChI is InChI=1S/C33H24N2O6S/c36-32-29-30(23-18-20-25(21-19-23)41-42(38,39)26-14-5-2-6-15-26)35(24-12-3-1-4-13-24)40-31(29)33(37)34(32)28-17-9-11-22-10-7-8-16-27(22)28/h1-21,29-31H/t29-,30-,31-/m1/s1. The van der Waals surface area contributed by atoms with E-state index < -0.39 is 34.1 Å².